The summed E-state index contributed by atoms with van der Waals surface area (Å²) in [5.74, 6) is 1.38. The van der Waals surface area contributed by atoms with E-state index in [1.54, 1.807) is 7.11 Å². The summed E-state index contributed by atoms with van der Waals surface area (Å²) in [4.78, 5) is 4.46. The number of ether oxygens (including phenoxy) is 1. The van der Waals surface area contributed by atoms with Crippen LogP contribution in [0.2, 0.25) is 0 Å². The van der Waals surface area contributed by atoms with Crippen molar-refractivity contribution in [3.63, 3.8) is 0 Å². The van der Waals surface area contributed by atoms with Crippen LogP contribution in [0.25, 0.3) is 0 Å². The monoisotopic (exact) mass is 289 g/mol. The Labute approximate surface area is 125 Å². The average Bonchev–Trinajstić information content (AvgIpc) is 2.93. The van der Waals surface area contributed by atoms with Crippen LogP contribution >= 0.6 is 0 Å². The molecule has 1 aromatic carbocycles. The van der Waals surface area contributed by atoms with Gasteiger partial charge in [0.2, 0.25) is 5.89 Å². The van der Waals surface area contributed by atoms with Gasteiger partial charge in [-0.3, -0.25) is 0 Å². The van der Waals surface area contributed by atoms with Gasteiger partial charge in [-0.15, -0.1) is 0 Å². The molecule has 0 radical (unpaired) electrons. The first-order valence-electron chi connectivity index (χ1n) is 7.39. The van der Waals surface area contributed by atoms with E-state index >= 15 is 0 Å². The minimum absolute atomic E-state index is 0.208. The zero-order valence-corrected chi connectivity index (χ0v) is 12.7. The van der Waals surface area contributed by atoms with Gasteiger partial charge in [0.1, 0.15) is 0 Å². The lowest BCUT2D eigenvalue weighted by molar-refractivity contribution is 0.161. The number of nitrogens with zero attached hydrogens (tertiary/aromatic N) is 2. The summed E-state index contributed by atoms with van der Waals surface area (Å²) in [6.07, 6.45) is 2.47. The molecule has 0 bridgehead atoms. The van der Waals surface area contributed by atoms with E-state index in [1.165, 1.54) is 5.56 Å². The predicted molar refractivity (Wildman–Crippen MR) is 81.2 cm³/mol. The number of hydrogen-bond acceptors (Lipinski definition) is 5. The van der Waals surface area contributed by atoms with Gasteiger partial charge in [0.15, 0.2) is 5.82 Å². The van der Waals surface area contributed by atoms with Gasteiger partial charge in [-0.2, -0.15) is 4.98 Å². The summed E-state index contributed by atoms with van der Waals surface area (Å²) in [6, 6.07) is 10.4. The minimum atomic E-state index is 0.208. The molecule has 0 aliphatic rings. The Hall–Kier alpha value is -1.72. The van der Waals surface area contributed by atoms with Crippen molar-refractivity contribution in [1.29, 1.82) is 0 Å². The van der Waals surface area contributed by atoms with Crippen LogP contribution < -0.4 is 5.32 Å². The molecule has 2 aromatic rings. The molecule has 0 spiro atoms. The van der Waals surface area contributed by atoms with Gasteiger partial charge in [0, 0.05) is 26.0 Å². The topological polar surface area (TPSA) is 60.2 Å². The van der Waals surface area contributed by atoms with E-state index in [0.717, 1.165) is 18.8 Å². The van der Waals surface area contributed by atoms with E-state index in [9.17, 15) is 0 Å². The second kappa shape index (κ2) is 8.54. The maximum absolute atomic E-state index is 5.34. The van der Waals surface area contributed by atoms with Crippen molar-refractivity contribution in [2.75, 3.05) is 20.3 Å². The van der Waals surface area contributed by atoms with E-state index < -0.39 is 0 Å². The molecule has 1 N–H and O–H groups in total. The highest BCUT2D eigenvalue weighted by Crippen LogP contribution is 2.08. The largest absolute Gasteiger partial charge is 0.383 e. The smallest absolute Gasteiger partial charge is 0.228 e. The summed E-state index contributed by atoms with van der Waals surface area (Å²) < 4.78 is 10.6. The molecule has 1 atom stereocenters. The summed E-state index contributed by atoms with van der Waals surface area (Å²) in [7, 11) is 1.70. The van der Waals surface area contributed by atoms with Crippen LogP contribution in [0, 0.1) is 0 Å². The van der Waals surface area contributed by atoms with Crippen molar-refractivity contribution >= 4 is 0 Å². The molecule has 0 amide bonds. The number of aromatic nitrogens is 2. The van der Waals surface area contributed by atoms with Crippen LogP contribution in [-0.2, 0) is 17.6 Å². The van der Waals surface area contributed by atoms with Gasteiger partial charge in [-0.25, -0.2) is 0 Å². The number of benzene rings is 1. The maximum Gasteiger partial charge on any atom is 0.228 e. The van der Waals surface area contributed by atoms with Crippen molar-refractivity contribution in [3.8, 4) is 0 Å². The minimum Gasteiger partial charge on any atom is -0.383 e. The lowest BCUT2D eigenvalue weighted by Gasteiger charge is -2.15. The van der Waals surface area contributed by atoms with Crippen LogP contribution in [0.3, 0.4) is 0 Å². The molecule has 0 aliphatic carbocycles. The van der Waals surface area contributed by atoms with Gasteiger partial charge < -0.3 is 14.6 Å². The number of nitrogens with one attached hydrogen (secondary N) is 1. The third kappa shape index (κ3) is 5.28. The highest BCUT2D eigenvalue weighted by molar-refractivity contribution is 5.18. The second-order valence-electron chi connectivity index (χ2n) is 5.08. The Bertz CT molecular complexity index is 513. The van der Waals surface area contributed by atoms with E-state index in [0.29, 0.717) is 25.3 Å². The van der Waals surface area contributed by atoms with E-state index in [-0.39, 0.29) is 6.04 Å². The van der Waals surface area contributed by atoms with Crippen molar-refractivity contribution in [1.82, 2.24) is 15.5 Å². The molecule has 2 rings (SSSR count). The van der Waals surface area contributed by atoms with Crippen LogP contribution in [0.4, 0.5) is 0 Å². The molecule has 5 nitrogen and oxygen atoms in total. The first kappa shape index (κ1) is 15.7. The molecular weight excluding hydrogens is 266 g/mol. The van der Waals surface area contributed by atoms with Crippen LogP contribution in [-0.4, -0.2) is 36.4 Å². The van der Waals surface area contributed by atoms with Gasteiger partial charge in [0.05, 0.1) is 6.61 Å². The lowest BCUT2D eigenvalue weighted by Crippen LogP contribution is -2.35. The van der Waals surface area contributed by atoms with Crippen molar-refractivity contribution < 1.29 is 9.26 Å². The van der Waals surface area contributed by atoms with Gasteiger partial charge in [-0.1, -0.05) is 42.4 Å². The van der Waals surface area contributed by atoms with Crippen molar-refractivity contribution in [3.05, 3.63) is 47.6 Å². The standard InChI is InChI=1S/C16H23N3O2/c1-3-9-17-14(12-20-2)11-16-18-15(19-21-16)10-13-7-5-4-6-8-13/h4-8,14,17H,3,9-12H2,1-2H3. The maximum atomic E-state index is 5.34. The zero-order chi connectivity index (χ0) is 14.9. The molecule has 21 heavy (non-hydrogen) atoms. The van der Waals surface area contributed by atoms with Crippen LogP contribution in [0.15, 0.2) is 34.9 Å². The molecule has 0 saturated heterocycles. The Morgan fingerprint density at radius 1 is 1.29 bits per heavy atom. The van der Waals surface area contributed by atoms with Gasteiger partial charge in [-0.05, 0) is 18.5 Å². The fourth-order valence-corrected chi connectivity index (χ4v) is 2.17. The van der Waals surface area contributed by atoms with Crippen LogP contribution in [0.1, 0.15) is 30.6 Å². The first-order chi connectivity index (χ1) is 10.3. The summed E-state index contributed by atoms with van der Waals surface area (Å²) in [5.41, 5.74) is 1.18. The number of methoxy groups -OCH3 is 1. The van der Waals surface area contributed by atoms with Crippen molar-refractivity contribution in [2.45, 2.75) is 32.2 Å². The normalized spacial score (nSPS) is 12.5. The van der Waals surface area contributed by atoms with E-state index in [1.807, 2.05) is 18.2 Å². The summed E-state index contributed by atoms with van der Waals surface area (Å²) >= 11 is 0. The van der Waals surface area contributed by atoms with Crippen molar-refractivity contribution in [2.24, 2.45) is 0 Å². The molecule has 1 unspecified atom stereocenters. The lowest BCUT2D eigenvalue weighted by atomic mass is 10.1. The first-order valence-corrected chi connectivity index (χ1v) is 7.39. The highest BCUT2D eigenvalue weighted by Gasteiger charge is 2.14. The third-order valence-corrected chi connectivity index (χ3v) is 3.19. The molecule has 1 heterocycles. The summed E-state index contributed by atoms with van der Waals surface area (Å²) in [6.45, 7) is 3.73. The van der Waals surface area contributed by atoms with E-state index in [4.69, 9.17) is 9.26 Å². The highest BCUT2D eigenvalue weighted by atomic mass is 16.5. The van der Waals surface area contributed by atoms with Gasteiger partial charge in [0.25, 0.3) is 0 Å². The molecule has 0 saturated carbocycles. The SMILES string of the molecule is CCCNC(COC)Cc1nc(Cc2ccccc2)no1. The molecule has 1 aromatic heterocycles. The molecule has 114 valence electrons. The Balaban J connectivity index is 1.92. The molecule has 0 fully saturated rings. The molecule has 0 aliphatic heterocycles. The number of rotatable bonds is 9. The van der Waals surface area contributed by atoms with Gasteiger partial charge >= 0.3 is 0 Å². The Kier molecular flexibility index (Phi) is 6.37. The molecular formula is C16H23N3O2. The fourth-order valence-electron chi connectivity index (χ4n) is 2.17. The average molecular weight is 289 g/mol. The summed E-state index contributed by atoms with van der Waals surface area (Å²) in [5, 5.41) is 7.48. The van der Waals surface area contributed by atoms with E-state index in [2.05, 4.69) is 34.5 Å². The number of hydrogen-bond donors (Lipinski definition) is 1. The second-order valence-corrected chi connectivity index (χ2v) is 5.08. The quantitative estimate of drug-likeness (QED) is 0.767. The Morgan fingerprint density at radius 2 is 2.10 bits per heavy atom. The molecule has 5 heteroatoms. The third-order valence-electron chi connectivity index (χ3n) is 3.19. The Morgan fingerprint density at radius 3 is 2.81 bits per heavy atom. The predicted octanol–water partition coefficient (Wildman–Crippen LogP) is 2.22. The zero-order valence-electron chi connectivity index (χ0n) is 12.7. The van der Waals surface area contributed by atoms with Crippen LogP contribution in [0.5, 0.6) is 0 Å². The fraction of sp³-hybridized carbons (Fsp3) is 0.500.